The van der Waals surface area contributed by atoms with Crippen molar-refractivity contribution in [3.63, 3.8) is 0 Å². The Kier molecular flexibility index (Phi) is 6.19. The number of Topliss-reactive ketones (excluding diaryl/α,β-unsaturated/α-hetero) is 1. The molecule has 0 aromatic heterocycles. The molecule has 0 aliphatic carbocycles. The van der Waals surface area contributed by atoms with Crippen LogP contribution in [0.25, 0.3) is 0 Å². The highest BCUT2D eigenvalue weighted by atomic mass is 32.2. The predicted molar refractivity (Wildman–Crippen MR) is 107 cm³/mol. The number of carbonyl (C=O) groups excluding carboxylic acids is 2. The van der Waals surface area contributed by atoms with Gasteiger partial charge in [0.15, 0.2) is 5.78 Å². The van der Waals surface area contributed by atoms with E-state index in [1.807, 2.05) is 0 Å². The summed E-state index contributed by atoms with van der Waals surface area (Å²) in [6, 6.07) is 10.3. The summed E-state index contributed by atoms with van der Waals surface area (Å²) in [6.07, 6.45) is 0. The van der Waals surface area contributed by atoms with Gasteiger partial charge in [0.05, 0.1) is 30.8 Å². The van der Waals surface area contributed by atoms with E-state index in [2.05, 4.69) is 4.72 Å². The number of sulfonamides is 1. The standard InChI is InChI=1S/C20H22N2O6S/c1-14(23)15-4-3-5-16(12-15)21-29(25,26)17-6-7-19(27-2)18(13-17)20(24)22-8-10-28-11-9-22/h3-7,12-13,21H,8-11H2,1-2H3. The monoisotopic (exact) mass is 418 g/mol. The summed E-state index contributed by atoms with van der Waals surface area (Å²) in [5.74, 6) is -0.200. The zero-order chi connectivity index (χ0) is 21.0. The third-order valence-corrected chi connectivity index (χ3v) is 5.91. The Morgan fingerprint density at radius 1 is 1.10 bits per heavy atom. The van der Waals surface area contributed by atoms with E-state index in [0.29, 0.717) is 37.6 Å². The maximum atomic E-state index is 12.9. The number of ether oxygens (including phenoxy) is 2. The molecule has 1 saturated heterocycles. The molecule has 0 atom stereocenters. The van der Waals surface area contributed by atoms with Gasteiger partial charge >= 0.3 is 0 Å². The normalized spacial score (nSPS) is 14.3. The maximum Gasteiger partial charge on any atom is 0.261 e. The van der Waals surface area contributed by atoms with Gasteiger partial charge < -0.3 is 14.4 Å². The number of hydrogen-bond acceptors (Lipinski definition) is 6. The average Bonchev–Trinajstić information content (AvgIpc) is 2.73. The highest BCUT2D eigenvalue weighted by Gasteiger charge is 2.25. The fraction of sp³-hybridized carbons (Fsp3) is 0.300. The van der Waals surface area contributed by atoms with Gasteiger partial charge in [0, 0.05) is 24.3 Å². The Morgan fingerprint density at radius 2 is 1.83 bits per heavy atom. The number of hydrogen-bond donors (Lipinski definition) is 1. The Morgan fingerprint density at radius 3 is 2.48 bits per heavy atom. The lowest BCUT2D eigenvalue weighted by Gasteiger charge is -2.27. The number of benzene rings is 2. The van der Waals surface area contributed by atoms with Gasteiger partial charge in [-0.15, -0.1) is 0 Å². The van der Waals surface area contributed by atoms with Crippen LogP contribution in [0.15, 0.2) is 47.4 Å². The number of amides is 1. The van der Waals surface area contributed by atoms with E-state index in [9.17, 15) is 18.0 Å². The molecule has 1 aliphatic heterocycles. The van der Waals surface area contributed by atoms with E-state index in [1.54, 1.807) is 23.1 Å². The fourth-order valence-electron chi connectivity index (χ4n) is 2.97. The second-order valence-electron chi connectivity index (χ2n) is 6.51. The second kappa shape index (κ2) is 8.62. The first kappa shape index (κ1) is 20.8. The molecular weight excluding hydrogens is 396 g/mol. The molecule has 1 fully saturated rings. The first-order chi connectivity index (χ1) is 13.8. The van der Waals surface area contributed by atoms with Gasteiger partial charge in [-0.3, -0.25) is 14.3 Å². The van der Waals surface area contributed by atoms with Crippen molar-refractivity contribution in [2.45, 2.75) is 11.8 Å². The van der Waals surface area contributed by atoms with Crippen molar-refractivity contribution in [3.05, 3.63) is 53.6 Å². The molecule has 154 valence electrons. The highest BCUT2D eigenvalue weighted by molar-refractivity contribution is 7.92. The van der Waals surface area contributed by atoms with Gasteiger partial charge in [-0.1, -0.05) is 12.1 Å². The maximum absolute atomic E-state index is 12.9. The molecule has 1 amide bonds. The Balaban J connectivity index is 1.92. The third kappa shape index (κ3) is 4.75. The number of methoxy groups -OCH3 is 1. The van der Waals surface area contributed by atoms with Crippen molar-refractivity contribution in [2.24, 2.45) is 0 Å². The van der Waals surface area contributed by atoms with Crippen LogP contribution in [-0.4, -0.2) is 58.4 Å². The van der Waals surface area contributed by atoms with E-state index in [1.165, 1.54) is 38.3 Å². The summed E-state index contributed by atoms with van der Waals surface area (Å²) in [5, 5.41) is 0. The molecule has 9 heteroatoms. The predicted octanol–water partition coefficient (Wildman–Crippen LogP) is 2.17. The van der Waals surface area contributed by atoms with Gasteiger partial charge in [-0.05, 0) is 37.3 Å². The summed E-state index contributed by atoms with van der Waals surface area (Å²) >= 11 is 0. The molecular formula is C20H22N2O6S. The number of carbonyl (C=O) groups is 2. The second-order valence-corrected chi connectivity index (χ2v) is 8.19. The Bertz CT molecular complexity index is 1030. The molecule has 0 radical (unpaired) electrons. The molecule has 1 N–H and O–H groups in total. The fourth-order valence-corrected chi connectivity index (χ4v) is 4.05. The lowest BCUT2D eigenvalue weighted by atomic mass is 10.1. The van der Waals surface area contributed by atoms with Crippen molar-refractivity contribution in [1.82, 2.24) is 4.90 Å². The minimum atomic E-state index is -3.98. The minimum absolute atomic E-state index is 0.0804. The molecule has 2 aromatic rings. The number of nitrogens with zero attached hydrogens (tertiary/aromatic N) is 1. The number of morpholine rings is 1. The highest BCUT2D eigenvalue weighted by Crippen LogP contribution is 2.26. The summed E-state index contributed by atoms with van der Waals surface area (Å²) in [6.45, 7) is 3.12. The van der Waals surface area contributed by atoms with Gasteiger partial charge in [0.25, 0.3) is 15.9 Å². The van der Waals surface area contributed by atoms with Gasteiger partial charge in [0.2, 0.25) is 0 Å². The minimum Gasteiger partial charge on any atom is -0.496 e. The smallest absolute Gasteiger partial charge is 0.261 e. The lowest BCUT2D eigenvalue weighted by Crippen LogP contribution is -2.40. The lowest BCUT2D eigenvalue weighted by molar-refractivity contribution is 0.0300. The van der Waals surface area contributed by atoms with Gasteiger partial charge in [-0.2, -0.15) is 0 Å². The van der Waals surface area contributed by atoms with Crippen LogP contribution in [0.3, 0.4) is 0 Å². The number of nitrogens with one attached hydrogen (secondary N) is 1. The largest absolute Gasteiger partial charge is 0.496 e. The van der Waals surface area contributed by atoms with Gasteiger partial charge in [0.1, 0.15) is 5.75 Å². The first-order valence-corrected chi connectivity index (χ1v) is 10.5. The third-order valence-electron chi connectivity index (χ3n) is 4.53. The molecule has 0 bridgehead atoms. The molecule has 1 heterocycles. The molecule has 3 rings (SSSR count). The van der Waals surface area contributed by atoms with Gasteiger partial charge in [-0.25, -0.2) is 8.42 Å². The van der Waals surface area contributed by atoms with Crippen LogP contribution in [0, 0.1) is 0 Å². The number of anilines is 1. The van der Waals surface area contributed by atoms with Crippen molar-refractivity contribution in [1.29, 1.82) is 0 Å². The number of ketones is 1. The average molecular weight is 418 g/mol. The van der Waals surface area contributed by atoms with Crippen LogP contribution in [0.4, 0.5) is 5.69 Å². The van der Waals surface area contributed by atoms with Crippen molar-refractivity contribution >= 4 is 27.4 Å². The van der Waals surface area contributed by atoms with E-state index >= 15 is 0 Å². The summed E-state index contributed by atoms with van der Waals surface area (Å²) in [5.41, 5.74) is 0.812. The van der Waals surface area contributed by atoms with Crippen LogP contribution in [-0.2, 0) is 14.8 Å². The van der Waals surface area contributed by atoms with Crippen LogP contribution < -0.4 is 9.46 Å². The number of rotatable bonds is 6. The molecule has 0 saturated carbocycles. The SMILES string of the molecule is COc1ccc(S(=O)(=O)Nc2cccc(C(C)=O)c2)cc1C(=O)N1CCOCC1. The summed E-state index contributed by atoms with van der Waals surface area (Å²) < 4.78 is 38.7. The van der Waals surface area contributed by atoms with Crippen LogP contribution in [0.1, 0.15) is 27.6 Å². The van der Waals surface area contributed by atoms with Crippen LogP contribution in [0.2, 0.25) is 0 Å². The van der Waals surface area contributed by atoms with Crippen molar-refractivity contribution < 1.29 is 27.5 Å². The van der Waals surface area contributed by atoms with Crippen molar-refractivity contribution in [2.75, 3.05) is 38.1 Å². The zero-order valence-corrected chi connectivity index (χ0v) is 17.0. The van der Waals surface area contributed by atoms with E-state index < -0.39 is 10.0 Å². The summed E-state index contributed by atoms with van der Waals surface area (Å²) in [4.78, 5) is 25.9. The molecule has 29 heavy (non-hydrogen) atoms. The zero-order valence-electron chi connectivity index (χ0n) is 16.2. The Labute approximate surface area is 169 Å². The van der Waals surface area contributed by atoms with E-state index in [-0.39, 0.29) is 27.8 Å². The van der Waals surface area contributed by atoms with Crippen LogP contribution in [0.5, 0.6) is 5.75 Å². The molecule has 0 unspecified atom stereocenters. The van der Waals surface area contributed by atoms with E-state index in [0.717, 1.165) is 0 Å². The topological polar surface area (TPSA) is 102 Å². The first-order valence-electron chi connectivity index (χ1n) is 9.01. The van der Waals surface area contributed by atoms with Crippen LogP contribution >= 0.6 is 0 Å². The van der Waals surface area contributed by atoms with Crippen molar-refractivity contribution in [3.8, 4) is 5.75 Å². The quantitative estimate of drug-likeness (QED) is 0.722. The summed E-state index contributed by atoms with van der Waals surface area (Å²) in [7, 11) is -2.56. The Hall–Kier alpha value is -2.91. The molecule has 1 aliphatic rings. The molecule has 0 spiro atoms. The molecule has 8 nitrogen and oxygen atoms in total. The van der Waals surface area contributed by atoms with E-state index in [4.69, 9.17) is 9.47 Å². The molecule has 2 aromatic carbocycles.